The van der Waals surface area contributed by atoms with Crippen molar-refractivity contribution in [1.29, 1.82) is 0 Å². The molecule has 0 spiro atoms. The third-order valence-corrected chi connectivity index (χ3v) is 6.96. The predicted octanol–water partition coefficient (Wildman–Crippen LogP) is 3.02. The van der Waals surface area contributed by atoms with Gasteiger partial charge in [0.15, 0.2) is 11.5 Å². The molecule has 0 saturated carbocycles. The van der Waals surface area contributed by atoms with Gasteiger partial charge in [0.25, 0.3) is 0 Å². The van der Waals surface area contributed by atoms with E-state index < -0.39 is 46.4 Å². The molecule has 0 aliphatic carbocycles. The molecule has 4 unspecified atom stereocenters. The first-order chi connectivity index (χ1) is 19.7. The second-order valence-electron chi connectivity index (χ2n) is 12.8. The molecule has 1 aromatic rings. The monoisotopic (exact) mass is 612 g/mol. The van der Waals surface area contributed by atoms with Gasteiger partial charge in [0.1, 0.15) is 0 Å². The van der Waals surface area contributed by atoms with Crippen LogP contribution < -0.4 is 10.6 Å². The lowest BCUT2D eigenvalue weighted by atomic mass is 9.73. The maximum absolute atomic E-state index is 12.4. The first kappa shape index (κ1) is 39.6. The van der Waals surface area contributed by atoms with Crippen molar-refractivity contribution in [3.05, 3.63) is 23.8 Å². The summed E-state index contributed by atoms with van der Waals surface area (Å²) < 4.78 is 5.19. The van der Waals surface area contributed by atoms with Gasteiger partial charge in [-0.15, -0.1) is 0 Å². The quantitative estimate of drug-likeness (QED) is 0.114. The number of hydrogen-bond acceptors (Lipinski definition) is 8. The second kappa shape index (κ2) is 18.3. The Labute approximate surface area is 254 Å². The number of hydrogen-bond donors (Lipinski definition) is 7. The normalized spacial score (nSPS) is 14.3. The van der Waals surface area contributed by atoms with Gasteiger partial charge >= 0.3 is 11.9 Å². The van der Waals surface area contributed by atoms with Gasteiger partial charge in [0.05, 0.1) is 24.4 Å². The van der Waals surface area contributed by atoms with Crippen LogP contribution in [0.2, 0.25) is 0 Å². The first-order valence-corrected chi connectivity index (χ1v) is 14.5. The summed E-state index contributed by atoms with van der Waals surface area (Å²) in [6, 6.07) is 4.47. The number of aromatic hydroxyl groups is 2. The number of carbonyl (C=O) groups is 4. The van der Waals surface area contributed by atoms with E-state index in [1.54, 1.807) is 13.0 Å². The van der Waals surface area contributed by atoms with Crippen molar-refractivity contribution < 1.29 is 49.4 Å². The standard InChI is InChI=1S/C17H25NO5.C14H27NO5/c1-10(16(22)23)14(17(2,3)4)15(21)18-8-7-11-5-6-12(19)13(20)9-11;1-10(11(13(18)19)14(2,3)4)12(17)15-6-9-20-8-5-7-16/h5-6,9-10,14,19-20H,7-8H2,1-4H3,(H,18,21)(H,22,23);10-11,16H,5-9H2,1-4H3,(H,15,17)(H,18,19). The number of nitrogens with one attached hydrogen (secondary N) is 2. The fourth-order valence-corrected chi connectivity index (χ4v) is 4.84. The third-order valence-electron chi connectivity index (χ3n) is 6.96. The molecule has 4 atom stereocenters. The number of rotatable bonds is 15. The average Bonchev–Trinajstić information content (AvgIpc) is 2.86. The van der Waals surface area contributed by atoms with E-state index in [4.69, 9.17) is 9.84 Å². The molecule has 0 heterocycles. The van der Waals surface area contributed by atoms with Crippen LogP contribution in [-0.4, -0.2) is 82.2 Å². The topological polar surface area (TPSA) is 203 Å². The smallest absolute Gasteiger partial charge is 0.307 e. The molecule has 12 nitrogen and oxygen atoms in total. The maximum Gasteiger partial charge on any atom is 0.307 e. The van der Waals surface area contributed by atoms with Gasteiger partial charge in [0.2, 0.25) is 11.8 Å². The van der Waals surface area contributed by atoms with Crippen LogP contribution in [0, 0.1) is 34.5 Å². The van der Waals surface area contributed by atoms with Crippen LogP contribution in [0.3, 0.4) is 0 Å². The van der Waals surface area contributed by atoms with E-state index in [1.807, 2.05) is 41.5 Å². The summed E-state index contributed by atoms with van der Waals surface area (Å²) in [6.45, 7) is 15.7. The predicted molar refractivity (Wildman–Crippen MR) is 162 cm³/mol. The van der Waals surface area contributed by atoms with Crippen molar-refractivity contribution in [1.82, 2.24) is 10.6 Å². The lowest BCUT2D eigenvalue weighted by molar-refractivity contribution is -0.151. The van der Waals surface area contributed by atoms with E-state index in [0.29, 0.717) is 39.1 Å². The molecule has 0 aromatic heterocycles. The Morgan fingerprint density at radius 2 is 1.33 bits per heavy atom. The molecule has 0 aliphatic rings. The minimum atomic E-state index is -0.997. The summed E-state index contributed by atoms with van der Waals surface area (Å²) in [5, 5.41) is 51.2. The SMILES string of the molecule is CC(C(=O)NCCOCCCO)C(C(=O)O)C(C)(C)C.CC(C(=O)O)C(C(=O)NCCc1ccc(O)c(O)c1)C(C)(C)C. The fraction of sp³-hybridized carbons (Fsp3) is 0.677. The molecule has 2 amide bonds. The molecular weight excluding hydrogens is 560 g/mol. The molecule has 0 fully saturated rings. The fourth-order valence-electron chi connectivity index (χ4n) is 4.84. The molecule has 7 N–H and O–H groups in total. The van der Waals surface area contributed by atoms with Crippen LogP contribution in [0.15, 0.2) is 18.2 Å². The molecular formula is C31H52N2O10. The molecule has 1 rings (SSSR count). The van der Waals surface area contributed by atoms with Crippen molar-refractivity contribution in [2.75, 3.05) is 32.9 Å². The number of carboxylic acids is 2. The summed E-state index contributed by atoms with van der Waals surface area (Å²) in [5.41, 5.74) is -0.196. The Bertz CT molecular complexity index is 1050. The highest BCUT2D eigenvalue weighted by atomic mass is 16.5. The van der Waals surface area contributed by atoms with E-state index >= 15 is 0 Å². The largest absolute Gasteiger partial charge is 0.504 e. The van der Waals surface area contributed by atoms with E-state index in [2.05, 4.69) is 10.6 Å². The number of carbonyl (C=O) groups excluding carboxylic acids is 2. The highest BCUT2D eigenvalue weighted by molar-refractivity contribution is 5.85. The minimum absolute atomic E-state index is 0.0786. The number of carboxylic acid groups (broad SMARTS) is 2. The first-order valence-electron chi connectivity index (χ1n) is 14.5. The van der Waals surface area contributed by atoms with Gasteiger partial charge in [-0.3, -0.25) is 19.2 Å². The number of ether oxygens (including phenoxy) is 1. The summed E-state index contributed by atoms with van der Waals surface area (Å²) in [7, 11) is 0. The average molecular weight is 613 g/mol. The zero-order valence-electron chi connectivity index (χ0n) is 26.8. The zero-order chi connectivity index (χ0) is 33.5. The number of phenolic OH excluding ortho intramolecular Hbond substituents is 2. The number of amides is 2. The van der Waals surface area contributed by atoms with Crippen molar-refractivity contribution in [2.45, 2.75) is 68.2 Å². The van der Waals surface area contributed by atoms with Crippen molar-refractivity contribution in [3.8, 4) is 11.5 Å². The van der Waals surface area contributed by atoms with Crippen LogP contribution in [-0.2, 0) is 30.3 Å². The molecule has 246 valence electrons. The maximum atomic E-state index is 12.4. The van der Waals surface area contributed by atoms with Gasteiger partial charge in [-0.2, -0.15) is 0 Å². The minimum Gasteiger partial charge on any atom is -0.504 e. The Morgan fingerprint density at radius 3 is 1.79 bits per heavy atom. The molecule has 12 heteroatoms. The molecule has 0 saturated heterocycles. The summed E-state index contributed by atoms with van der Waals surface area (Å²) >= 11 is 0. The second-order valence-corrected chi connectivity index (χ2v) is 12.8. The van der Waals surface area contributed by atoms with E-state index in [1.165, 1.54) is 19.1 Å². The van der Waals surface area contributed by atoms with Gasteiger partial charge in [-0.05, 0) is 41.4 Å². The summed E-state index contributed by atoms with van der Waals surface area (Å²) in [6.07, 6.45) is 1.04. The van der Waals surface area contributed by atoms with Crippen LogP contribution in [0.25, 0.3) is 0 Å². The lowest BCUT2D eigenvalue weighted by Gasteiger charge is -2.32. The zero-order valence-corrected chi connectivity index (χ0v) is 26.8. The molecule has 43 heavy (non-hydrogen) atoms. The highest BCUT2D eigenvalue weighted by Crippen LogP contribution is 2.33. The Balaban J connectivity index is 0.000000830. The number of aliphatic hydroxyl groups is 1. The van der Waals surface area contributed by atoms with E-state index in [-0.39, 0.29) is 29.9 Å². The van der Waals surface area contributed by atoms with Crippen LogP contribution in [0.5, 0.6) is 11.5 Å². The van der Waals surface area contributed by atoms with Crippen LogP contribution in [0.4, 0.5) is 0 Å². The summed E-state index contributed by atoms with van der Waals surface area (Å²) in [5.74, 6) is -5.71. The molecule has 1 aromatic carbocycles. The van der Waals surface area contributed by atoms with Gasteiger partial charge in [-0.1, -0.05) is 61.5 Å². The Hall–Kier alpha value is -3.38. The Morgan fingerprint density at radius 1 is 0.767 bits per heavy atom. The lowest BCUT2D eigenvalue weighted by Crippen LogP contribution is -2.44. The molecule has 0 aliphatic heterocycles. The van der Waals surface area contributed by atoms with Crippen LogP contribution in [0.1, 0.15) is 67.4 Å². The summed E-state index contributed by atoms with van der Waals surface area (Å²) in [4.78, 5) is 46.9. The third kappa shape index (κ3) is 14.6. The number of phenols is 2. The van der Waals surface area contributed by atoms with Gasteiger partial charge in [-0.25, -0.2) is 0 Å². The van der Waals surface area contributed by atoms with Crippen molar-refractivity contribution in [2.24, 2.45) is 34.5 Å². The highest BCUT2D eigenvalue weighted by Gasteiger charge is 2.40. The number of benzene rings is 1. The number of aliphatic hydroxyl groups excluding tert-OH is 1. The van der Waals surface area contributed by atoms with Gasteiger partial charge in [0, 0.05) is 32.2 Å². The van der Waals surface area contributed by atoms with Crippen LogP contribution >= 0.6 is 0 Å². The molecule has 0 radical (unpaired) electrons. The van der Waals surface area contributed by atoms with E-state index in [9.17, 15) is 39.6 Å². The van der Waals surface area contributed by atoms with Crippen molar-refractivity contribution >= 4 is 23.8 Å². The van der Waals surface area contributed by atoms with Gasteiger partial charge < -0.3 is 40.9 Å². The van der Waals surface area contributed by atoms with E-state index in [0.717, 1.165) is 5.56 Å². The number of aliphatic carboxylic acids is 2. The molecule has 0 bridgehead atoms. The Kier molecular flexibility index (Phi) is 16.9. The van der Waals surface area contributed by atoms with Crippen molar-refractivity contribution in [3.63, 3.8) is 0 Å².